The molecular formula is C20H20FIN2O4. The average molecular weight is 498 g/mol. The van der Waals surface area contributed by atoms with Crippen molar-refractivity contribution < 1.29 is 23.9 Å². The second-order valence-electron chi connectivity index (χ2n) is 6.31. The van der Waals surface area contributed by atoms with Gasteiger partial charge in [-0.05, 0) is 58.0 Å². The van der Waals surface area contributed by atoms with Crippen LogP contribution in [0.5, 0.6) is 0 Å². The lowest BCUT2D eigenvalue weighted by molar-refractivity contribution is -0.142. The Labute approximate surface area is 175 Å². The molecule has 0 heterocycles. The zero-order valence-electron chi connectivity index (χ0n) is 15.1. The highest BCUT2D eigenvalue weighted by molar-refractivity contribution is 14.1. The highest BCUT2D eigenvalue weighted by atomic mass is 127. The van der Waals surface area contributed by atoms with E-state index in [2.05, 4.69) is 33.2 Å². The predicted octanol–water partition coefficient (Wildman–Crippen LogP) is 2.29. The summed E-state index contributed by atoms with van der Waals surface area (Å²) in [6.45, 7) is 1.27. The molecule has 28 heavy (non-hydrogen) atoms. The summed E-state index contributed by atoms with van der Waals surface area (Å²) in [4.78, 5) is 35.7. The second kappa shape index (κ2) is 10.2. The zero-order valence-corrected chi connectivity index (χ0v) is 17.3. The molecule has 0 bridgehead atoms. The van der Waals surface area contributed by atoms with E-state index in [0.29, 0.717) is 5.56 Å². The molecule has 0 unspecified atom stereocenters. The Morgan fingerprint density at radius 3 is 1.93 bits per heavy atom. The third-order valence-electron chi connectivity index (χ3n) is 4.01. The Bertz CT molecular complexity index is 840. The lowest BCUT2D eigenvalue weighted by Crippen LogP contribution is -2.52. The number of aliphatic carboxylic acids is 1. The molecule has 0 aliphatic carbocycles. The fraction of sp³-hybridized carbons (Fsp3) is 0.250. The lowest BCUT2D eigenvalue weighted by Gasteiger charge is -2.21. The Morgan fingerprint density at radius 1 is 0.929 bits per heavy atom. The fourth-order valence-corrected chi connectivity index (χ4v) is 3.00. The summed E-state index contributed by atoms with van der Waals surface area (Å²) in [6.07, 6.45) is 0.225. The van der Waals surface area contributed by atoms with Gasteiger partial charge in [-0.25, -0.2) is 9.18 Å². The van der Waals surface area contributed by atoms with E-state index in [-0.39, 0.29) is 12.8 Å². The van der Waals surface area contributed by atoms with Crippen molar-refractivity contribution in [2.75, 3.05) is 0 Å². The van der Waals surface area contributed by atoms with Gasteiger partial charge in [0.15, 0.2) is 0 Å². The molecule has 3 N–H and O–H groups in total. The quantitative estimate of drug-likeness (QED) is 0.487. The molecule has 148 valence electrons. The minimum atomic E-state index is -1.17. The number of rotatable bonds is 8. The van der Waals surface area contributed by atoms with Crippen molar-refractivity contribution in [1.29, 1.82) is 0 Å². The van der Waals surface area contributed by atoms with E-state index >= 15 is 0 Å². The highest BCUT2D eigenvalue weighted by Gasteiger charge is 2.26. The van der Waals surface area contributed by atoms with Gasteiger partial charge in [0.1, 0.15) is 17.9 Å². The first-order valence-electron chi connectivity index (χ1n) is 8.53. The number of carboxylic acid groups (broad SMARTS) is 1. The molecule has 0 aromatic heterocycles. The number of carbonyl (C=O) groups excluding carboxylic acids is 2. The molecule has 0 fully saturated rings. The fourth-order valence-electron chi connectivity index (χ4n) is 2.64. The van der Waals surface area contributed by atoms with Crippen LogP contribution in [0.4, 0.5) is 4.39 Å². The largest absolute Gasteiger partial charge is 0.480 e. The number of carboxylic acids is 1. The number of hydrogen-bond acceptors (Lipinski definition) is 3. The van der Waals surface area contributed by atoms with Crippen LogP contribution in [0.15, 0.2) is 48.5 Å². The predicted molar refractivity (Wildman–Crippen MR) is 110 cm³/mol. The number of carbonyl (C=O) groups is 3. The molecule has 2 rings (SSSR count). The van der Waals surface area contributed by atoms with Crippen LogP contribution in [-0.4, -0.2) is 35.0 Å². The Kier molecular flexibility index (Phi) is 7.91. The Hall–Kier alpha value is -2.49. The van der Waals surface area contributed by atoms with Gasteiger partial charge >= 0.3 is 5.97 Å². The lowest BCUT2D eigenvalue weighted by atomic mass is 10.0. The zero-order chi connectivity index (χ0) is 20.7. The van der Waals surface area contributed by atoms with E-state index in [1.807, 2.05) is 12.1 Å². The van der Waals surface area contributed by atoms with Crippen molar-refractivity contribution in [2.24, 2.45) is 0 Å². The average Bonchev–Trinajstić information content (AvgIpc) is 2.63. The van der Waals surface area contributed by atoms with Crippen LogP contribution >= 0.6 is 22.6 Å². The molecule has 0 saturated heterocycles. The van der Waals surface area contributed by atoms with Gasteiger partial charge in [0.2, 0.25) is 11.8 Å². The molecule has 2 aromatic carbocycles. The first-order valence-corrected chi connectivity index (χ1v) is 9.61. The first kappa shape index (κ1) is 21.8. The molecule has 2 amide bonds. The van der Waals surface area contributed by atoms with Crippen molar-refractivity contribution in [2.45, 2.75) is 31.8 Å². The van der Waals surface area contributed by atoms with E-state index in [1.165, 1.54) is 31.2 Å². The maximum absolute atomic E-state index is 13.1. The molecule has 0 saturated carbocycles. The van der Waals surface area contributed by atoms with E-state index in [4.69, 9.17) is 0 Å². The van der Waals surface area contributed by atoms with Crippen LogP contribution in [0.3, 0.4) is 0 Å². The minimum absolute atomic E-state index is 0.112. The van der Waals surface area contributed by atoms with Crippen molar-refractivity contribution >= 4 is 40.4 Å². The Morgan fingerprint density at radius 2 is 1.43 bits per heavy atom. The molecule has 2 atom stereocenters. The molecule has 8 heteroatoms. The number of benzene rings is 2. The molecule has 0 aliphatic heterocycles. The van der Waals surface area contributed by atoms with Crippen LogP contribution in [0.2, 0.25) is 0 Å². The molecular weight excluding hydrogens is 478 g/mol. The van der Waals surface area contributed by atoms with E-state index in [1.54, 1.807) is 12.1 Å². The molecule has 0 aliphatic rings. The van der Waals surface area contributed by atoms with Crippen LogP contribution in [0.1, 0.15) is 18.1 Å². The summed E-state index contributed by atoms with van der Waals surface area (Å²) >= 11 is 2.15. The van der Waals surface area contributed by atoms with E-state index in [0.717, 1.165) is 9.13 Å². The van der Waals surface area contributed by atoms with Gasteiger partial charge in [-0.2, -0.15) is 0 Å². The summed E-state index contributed by atoms with van der Waals surface area (Å²) in [5.74, 6) is -2.62. The molecule has 6 nitrogen and oxygen atoms in total. The third kappa shape index (κ3) is 6.91. The molecule has 2 aromatic rings. The van der Waals surface area contributed by atoms with Crippen LogP contribution in [0.25, 0.3) is 0 Å². The first-order chi connectivity index (χ1) is 13.2. The summed E-state index contributed by atoms with van der Waals surface area (Å²) < 4.78 is 14.1. The van der Waals surface area contributed by atoms with Crippen molar-refractivity contribution in [3.05, 3.63) is 69.0 Å². The maximum Gasteiger partial charge on any atom is 0.326 e. The standard InChI is InChI=1S/C20H20FIN2O4/c1-12(25)23-17(10-13-2-6-15(21)7-3-13)19(26)24-18(20(27)28)11-14-4-8-16(22)9-5-14/h2-9,17-18H,10-11H2,1H3,(H,23,25)(H,24,26)(H,27,28)/t17-,18-/m1/s1. The second-order valence-corrected chi connectivity index (χ2v) is 7.56. The maximum atomic E-state index is 13.1. The minimum Gasteiger partial charge on any atom is -0.480 e. The smallest absolute Gasteiger partial charge is 0.326 e. The van der Waals surface area contributed by atoms with Gasteiger partial charge < -0.3 is 15.7 Å². The number of nitrogens with one attached hydrogen (secondary N) is 2. The van der Waals surface area contributed by atoms with Crippen LogP contribution in [-0.2, 0) is 27.2 Å². The van der Waals surface area contributed by atoms with E-state index in [9.17, 15) is 23.9 Å². The van der Waals surface area contributed by atoms with Crippen molar-refractivity contribution in [3.8, 4) is 0 Å². The van der Waals surface area contributed by atoms with Crippen molar-refractivity contribution in [1.82, 2.24) is 10.6 Å². The van der Waals surface area contributed by atoms with Crippen molar-refractivity contribution in [3.63, 3.8) is 0 Å². The molecule has 0 spiro atoms. The third-order valence-corrected chi connectivity index (χ3v) is 4.73. The van der Waals surface area contributed by atoms with Gasteiger partial charge in [-0.15, -0.1) is 0 Å². The van der Waals surface area contributed by atoms with E-state index < -0.39 is 35.7 Å². The summed E-state index contributed by atoms with van der Waals surface area (Å²) in [5.41, 5.74) is 1.41. The monoisotopic (exact) mass is 498 g/mol. The van der Waals surface area contributed by atoms with Crippen LogP contribution in [0, 0.1) is 9.39 Å². The number of hydrogen-bond donors (Lipinski definition) is 3. The van der Waals surface area contributed by atoms with Crippen LogP contribution < -0.4 is 10.6 Å². The van der Waals surface area contributed by atoms with Gasteiger partial charge in [0, 0.05) is 23.3 Å². The highest BCUT2D eigenvalue weighted by Crippen LogP contribution is 2.10. The SMILES string of the molecule is CC(=O)N[C@H](Cc1ccc(F)cc1)C(=O)N[C@H](Cc1ccc(I)cc1)C(=O)O. The topological polar surface area (TPSA) is 95.5 Å². The number of halogens is 2. The normalized spacial score (nSPS) is 12.7. The summed E-state index contributed by atoms with van der Waals surface area (Å²) in [7, 11) is 0. The Balaban J connectivity index is 2.11. The van der Waals surface area contributed by atoms with Gasteiger partial charge in [0.25, 0.3) is 0 Å². The summed E-state index contributed by atoms with van der Waals surface area (Å²) in [5, 5.41) is 14.5. The van der Waals surface area contributed by atoms with Gasteiger partial charge in [-0.1, -0.05) is 24.3 Å². The van der Waals surface area contributed by atoms with Gasteiger partial charge in [-0.3, -0.25) is 9.59 Å². The summed E-state index contributed by atoms with van der Waals surface area (Å²) in [6, 6.07) is 10.7. The molecule has 0 radical (unpaired) electrons. The number of amides is 2. The van der Waals surface area contributed by atoms with Gasteiger partial charge in [0.05, 0.1) is 0 Å².